The van der Waals surface area contributed by atoms with E-state index in [1.807, 2.05) is 24.4 Å². The molecule has 8 nitrogen and oxygen atoms in total. The van der Waals surface area contributed by atoms with Gasteiger partial charge in [-0.05, 0) is 42.5 Å². The highest BCUT2D eigenvalue weighted by Crippen LogP contribution is 2.66. The van der Waals surface area contributed by atoms with E-state index in [2.05, 4.69) is 34.5 Å². The fraction of sp³-hybridized carbons (Fsp3) is 0.500. The highest BCUT2D eigenvalue weighted by Gasteiger charge is 2.79. The Morgan fingerprint density at radius 2 is 2.11 bits per heavy atom. The van der Waals surface area contributed by atoms with Gasteiger partial charge in [0.2, 0.25) is 5.60 Å². The lowest BCUT2D eigenvalue weighted by atomic mass is 9.48. The lowest BCUT2D eigenvalue weighted by Gasteiger charge is -2.62. The Kier molecular flexibility index (Phi) is 5.49. The van der Waals surface area contributed by atoms with Gasteiger partial charge in [0.15, 0.2) is 6.10 Å². The fourth-order valence-corrected chi connectivity index (χ4v) is 8.63. The van der Waals surface area contributed by atoms with Crippen LogP contribution in [0.5, 0.6) is 5.75 Å². The molecule has 0 radical (unpaired) electrons. The smallest absolute Gasteiger partial charge is 0.344 e. The van der Waals surface area contributed by atoms with E-state index in [1.54, 1.807) is 18.4 Å². The zero-order chi connectivity index (χ0) is 26.2. The Labute approximate surface area is 220 Å². The molecule has 3 aliphatic heterocycles. The Hall–Kier alpha value is -2.88. The van der Waals surface area contributed by atoms with Gasteiger partial charge >= 0.3 is 11.9 Å². The zero-order valence-corrected chi connectivity index (χ0v) is 22.3. The molecule has 4 aliphatic rings. The Morgan fingerprint density at radius 1 is 1.30 bits per heavy atom. The van der Waals surface area contributed by atoms with Gasteiger partial charge in [0.05, 0.1) is 20.3 Å². The van der Waals surface area contributed by atoms with Gasteiger partial charge in [0.1, 0.15) is 5.75 Å². The minimum absolute atomic E-state index is 0.104. The number of methoxy groups -OCH3 is 2. The summed E-state index contributed by atoms with van der Waals surface area (Å²) in [5.74, 6) is -0.645. The summed E-state index contributed by atoms with van der Waals surface area (Å²) in [5, 5.41) is 18.1. The van der Waals surface area contributed by atoms with Crippen LogP contribution >= 0.6 is 11.3 Å². The largest absolute Gasteiger partial charge is 0.496 e. The molecular formula is C28H32N2O6S. The molecule has 2 fully saturated rings. The van der Waals surface area contributed by atoms with Crippen molar-refractivity contribution >= 4 is 29.0 Å². The Bertz CT molecular complexity index is 1290. The van der Waals surface area contributed by atoms with Gasteiger partial charge in [-0.25, -0.2) is 4.79 Å². The number of esters is 2. The zero-order valence-electron chi connectivity index (χ0n) is 21.4. The number of nitrogens with zero attached hydrogens (tertiary/aromatic N) is 1. The van der Waals surface area contributed by atoms with Crippen molar-refractivity contribution in [2.75, 3.05) is 32.6 Å². The monoisotopic (exact) mass is 524 g/mol. The number of hydrogen-bond acceptors (Lipinski definition) is 9. The van der Waals surface area contributed by atoms with Gasteiger partial charge in [-0.15, -0.1) is 11.3 Å². The first-order valence-electron chi connectivity index (χ1n) is 12.7. The number of ether oxygens (including phenoxy) is 3. The van der Waals surface area contributed by atoms with Gasteiger partial charge < -0.3 is 24.6 Å². The summed E-state index contributed by atoms with van der Waals surface area (Å²) in [4.78, 5) is 29.5. The number of aliphatic hydroxyl groups is 1. The topological polar surface area (TPSA) is 97.3 Å². The molecule has 0 amide bonds. The van der Waals surface area contributed by atoms with Gasteiger partial charge in [-0.2, -0.15) is 0 Å². The number of rotatable bonds is 5. The maximum absolute atomic E-state index is 13.6. The summed E-state index contributed by atoms with van der Waals surface area (Å²) >= 11 is 1.64. The van der Waals surface area contributed by atoms with Crippen LogP contribution in [0.4, 0.5) is 5.69 Å². The summed E-state index contributed by atoms with van der Waals surface area (Å²) in [7, 11) is 2.91. The molecule has 2 N–H and O–H groups in total. The maximum Gasteiger partial charge on any atom is 0.344 e. The normalized spacial score (nSPS) is 35.2. The van der Waals surface area contributed by atoms with E-state index in [1.165, 1.54) is 14.0 Å². The Morgan fingerprint density at radius 3 is 2.76 bits per heavy atom. The third kappa shape index (κ3) is 2.96. The molecule has 1 aromatic heterocycles. The van der Waals surface area contributed by atoms with Crippen LogP contribution in [0, 0.1) is 5.41 Å². The lowest BCUT2D eigenvalue weighted by Crippen LogP contribution is -2.80. The van der Waals surface area contributed by atoms with Gasteiger partial charge in [-0.1, -0.05) is 25.1 Å². The van der Waals surface area contributed by atoms with E-state index in [0.717, 1.165) is 41.2 Å². The van der Waals surface area contributed by atoms with Crippen molar-refractivity contribution in [3.05, 3.63) is 47.4 Å². The van der Waals surface area contributed by atoms with Crippen molar-refractivity contribution in [1.29, 1.82) is 0 Å². The summed E-state index contributed by atoms with van der Waals surface area (Å²) < 4.78 is 16.9. The number of carbonyl (C=O) groups is 2. The van der Waals surface area contributed by atoms with Crippen molar-refractivity contribution in [1.82, 2.24) is 4.90 Å². The van der Waals surface area contributed by atoms with Crippen molar-refractivity contribution in [2.24, 2.45) is 5.41 Å². The number of fused-ring (bicyclic) bond motifs is 1. The molecule has 9 heteroatoms. The molecule has 1 saturated carbocycles. The minimum Gasteiger partial charge on any atom is -0.496 e. The summed E-state index contributed by atoms with van der Waals surface area (Å²) in [5.41, 5.74) is -0.718. The third-order valence-corrected chi connectivity index (χ3v) is 10.0. The highest BCUT2D eigenvalue weighted by atomic mass is 32.1. The van der Waals surface area contributed by atoms with Crippen LogP contribution in [-0.2, 0) is 24.5 Å². The van der Waals surface area contributed by atoms with E-state index in [4.69, 9.17) is 14.2 Å². The average molecular weight is 525 g/mol. The number of benzene rings is 1. The van der Waals surface area contributed by atoms with E-state index >= 15 is 0 Å². The van der Waals surface area contributed by atoms with Gasteiger partial charge in [-0.3, -0.25) is 9.69 Å². The molecule has 4 heterocycles. The quantitative estimate of drug-likeness (QED) is 0.454. The van der Waals surface area contributed by atoms with Crippen LogP contribution in [0.25, 0.3) is 10.4 Å². The van der Waals surface area contributed by atoms with Crippen molar-refractivity contribution in [3.63, 3.8) is 0 Å². The molecule has 196 valence electrons. The SMILES string of the molecule is CC[C@]12C=CCN3CC[C@@]4(c5cc(-c6cccs6)c(OC)cc5NC4[C@@](O)(C(=O)OC)[C@@H]1OC(C)=O)[C@@H]32. The first kappa shape index (κ1) is 24.5. The predicted molar refractivity (Wildman–Crippen MR) is 140 cm³/mol. The number of thiophene rings is 1. The van der Waals surface area contributed by atoms with E-state index in [9.17, 15) is 14.7 Å². The van der Waals surface area contributed by atoms with Crippen LogP contribution in [0.3, 0.4) is 0 Å². The number of anilines is 1. The molecule has 2 aromatic rings. The van der Waals surface area contributed by atoms with Crippen LogP contribution < -0.4 is 10.1 Å². The van der Waals surface area contributed by atoms with Crippen molar-refractivity contribution in [2.45, 2.75) is 55.9 Å². The lowest BCUT2D eigenvalue weighted by molar-refractivity contribution is -0.226. The van der Waals surface area contributed by atoms with E-state index < -0.39 is 40.5 Å². The second-order valence-electron chi connectivity index (χ2n) is 10.5. The van der Waals surface area contributed by atoms with Crippen molar-refractivity contribution in [3.8, 4) is 16.2 Å². The number of nitrogens with one attached hydrogen (secondary N) is 1. The molecule has 1 aromatic carbocycles. The van der Waals surface area contributed by atoms with Crippen LogP contribution in [0.2, 0.25) is 0 Å². The van der Waals surface area contributed by atoms with Crippen molar-refractivity contribution < 1.29 is 28.9 Å². The molecule has 37 heavy (non-hydrogen) atoms. The molecule has 1 spiro atoms. The molecule has 0 bridgehead atoms. The fourth-order valence-electron chi connectivity index (χ4n) is 7.88. The van der Waals surface area contributed by atoms with E-state index in [0.29, 0.717) is 12.2 Å². The molecule has 6 rings (SSSR count). The first-order valence-corrected chi connectivity index (χ1v) is 13.6. The van der Waals surface area contributed by atoms with Crippen LogP contribution in [0.15, 0.2) is 41.8 Å². The minimum atomic E-state index is -2.13. The third-order valence-electron chi connectivity index (χ3n) is 9.12. The van der Waals surface area contributed by atoms with Gasteiger partial charge in [0.25, 0.3) is 0 Å². The van der Waals surface area contributed by atoms with Gasteiger partial charge in [0, 0.05) is 52.5 Å². The number of hydrogen-bond donors (Lipinski definition) is 2. The molecule has 1 aliphatic carbocycles. The molecule has 1 saturated heterocycles. The molecule has 1 unspecified atom stereocenters. The average Bonchev–Trinajstić information content (AvgIpc) is 3.64. The van der Waals surface area contributed by atoms with E-state index in [-0.39, 0.29) is 6.04 Å². The predicted octanol–water partition coefficient (Wildman–Crippen LogP) is 3.35. The Balaban J connectivity index is 1.66. The summed E-state index contributed by atoms with van der Waals surface area (Å²) in [6.07, 6.45) is 4.31. The highest BCUT2D eigenvalue weighted by molar-refractivity contribution is 7.13. The maximum atomic E-state index is 13.6. The van der Waals surface area contributed by atoms with Crippen LogP contribution in [0.1, 0.15) is 32.3 Å². The second kappa shape index (κ2) is 8.31. The van der Waals surface area contributed by atoms with Crippen LogP contribution in [-0.4, -0.2) is 73.0 Å². The summed E-state index contributed by atoms with van der Waals surface area (Å²) in [6.45, 7) is 4.89. The number of carbonyl (C=O) groups excluding carboxylic acids is 2. The first-order chi connectivity index (χ1) is 17.8. The summed E-state index contributed by atoms with van der Waals surface area (Å²) in [6, 6.07) is 7.33. The molecular weight excluding hydrogens is 492 g/mol. The standard InChI is InChI=1S/C28H32N2O6S/c1-5-26-9-7-11-30-12-10-27(23(26)30)18-14-17(21-8-6-13-37-21)20(34-3)15-19(18)29-22(27)28(33,25(32)35-4)24(26)36-16(2)31/h6-9,13-15,22-24,29,33H,5,10-12H2,1-4H3/t22?,23-,24+,26+,27-,28-/m0/s1. The molecule has 6 atom stereocenters. The second-order valence-corrected chi connectivity index (χ2v) is 11.5.